The van der Waals surface area contributed by atoms with Crippen LogP contribution in [0.3, 0.4) is 0 Å². The first-order valence-electron chi connectivity index (χ1n) is 5.36. The van der Waals surface area contributed by atoms with E-state index in [2.05, 4.69) is 4.98 Å². The molecule has 0 N–H and O–H groups in total. The van der Waals surface area contributed by atoms with Gasteiger partial charge in [0, 0.05) is 25.8 Å². The lowest BCUT2D eigenvalue weighted by Gasteiger charge is -1.96. The predicted octanol–water partition coefficient (Wildman–Crippen LogP) is 2.97. The van der Waals surface area contributed by atoms with Gasteiger partial charge in [-0.05, 0) is 18.1 Å². The molecule has 0 bridgehead atoms. The zero-order valence-electron chi connectivity index (χ0n) is 9.97. The number of carbonyl (C=O) groups is 2. The first-order valence-corrected chi connectivity index (χ1v) is 6.35. The molecule has 1 aromatic heterocycles. The molecule has 4 heteroatoms. The van der Waals surface area contributed by atoms with Gasteiger partial charge >= 0.3 is 0 Å². The van der Waals surface area contributed by atoms with Crippen LogP contribution < -0.4 is 0 Å². The Labute approximate surface area is 105 Å². The smallest absolute Gasteiger partial charge is 0.185 e. The molecule has 0 aliphatic carbocycles. The third-order valence-corrected chi connectivity index (χ3v) is 2.89. The molecule has 0 aliphatic heterocycles. The van der Waals surface area contributed by atoms with Gasteiger partial charge in [-0.1, -0.05) is 30.0 Å². The Kier molecular flexibility index (Phi) is 5.63. The summed E-state index contributed by atoms with van der Waals surface area (Å²) in [7, 11) is 0. The number of aromatic nitrogens is 1. The number of ketones is 1. The molecule has 0 saturated carbocycles. The number of pyridine rings is 1. The minimum atomic E-state index is -0.0293. The zero-order valence-corrected chi connectivity index (χ0v) is 10.8. The van der Waals surface area contributed by atoms with Crippen molar-refractivity contribution in [1.82, 2.24) is 4.98 Å². The van der Waals surface area contributed by atoms with Crippen LogP contribution in [-0.2, 0) is 4.79 Å². The van der Waals surface area contributed by atoms with Crippen molar-refractivity contribution in [2.75, 3.05) is 5.75 Å². The van der Waals surface area contributed by atoms with Gasteiger partial charge in [-0.2, -0.15) is 0 Å². The summed E-state index contributed by atoms with van der Waals surface area (Å²) in [6.45, 7) is 3.07. The third kappa shape index (κ3) is 5.45. The monoisotopic (exact) mass is 249 g/mol. The van der Waals surface area contributed by atoms with Crippen molar-refractivity contribution in [3.8, 4) is 0 Å². The molecule has 0 radical (unpaired) electrons. The number of nitrogens with zero attached hydrogens (tertiary/aromatic N) is 1. The molecule has 1 heterocycles. The molecule has 1 aromatic rings. The van der Waals surface area contributed by atoms with E-state index >= 15 is 0 Å². The molecule has 0 aliphatic rings. The van der Waals surface area contributed by atoms with Crippen molar-refractivity contribution in [3.63, 3.8) is 0 Å². The summed E-state index contributed by atoms with van der Waals surface area (Å²) in [5.74, 6) is 0.767. The lowest BCUT2D eigenvalue weighted by Crippen LogP contribution is -1.95. The van der Waals surface area contributed by atoms with Gasteiger partial charge in [0.05, 0.1) is 0 Å². The molecule has 0 saturated heterocycles. The van der Waals surface area contributed by atoms with Gasteiger partial charge in [-0.15, -0.1) is 0 Å². The second-order valence-corrected chi connectivity index (χ2v) is 4.84. The van der Waals surface area contributed by atoms with Crippen molar-refractivity contribution in [2.24, 2.45) is 0 Å². The Balaban J connectivity index is 2.43. The average Bonchev–Trinajstić information content (AvgIpc) is 2.29. The Bertz CT molecular complexity index is 424. The van der Waals surface area contributed by atoms with Crippen LogP contribution in [0.4, 0.5) is 0 Å². The second-order valence-electron chi connectivity index (χ2n) is 3.56. The summed E-state index contributed by atoms with van der Waals surface area (Å²) in [5.41, 5.74) is 1.44. The molecule has 0 atom stereocenters. The van der Waals surface area contributed by atoms with Crippen LogP contribution in [0.15, 0.2) is 24.4 Å². The van der Waals surface area contributed by atoms with E-state index in [1.54, 1.807) is 19.2 Å². The fraction of sp³-hybridized carbons (Fsp3) is 0.308. The largest absolute Gasteiger partial charge is 0.293 e. The number of rotatable bonds is 5. The van der Waals surface area contributed by atoms with E-state index in [1.165, 1.54) is 18.7 Å². The van der Waals surface area contributed by atoms with Crippen LogP contribution in [0.2, 0.25) is 0 Å². The van der Waals surface area contributed by atoms with Crippen LogP contribution in [-0.4, -0.2) is 21.6 Å². The van der Waals surface area contributed by atoms with Crippen molar-refractivity contribution in [3.05, 3.63) is 35.7 Å². The van der Waals surface area contributed by atoms with Crippen molar-refractivity contribution < 1.29 is 9.59 Å². The fourth-order valence-corrected chi connectivity index (χ4v) is 1.74. The summed E-state index contributed by atoms with van der Waals surface area (Å²) >= 11 is 1.32. The van der Waals surface area contributed by atoms with Crippen LogP contribution in [0.5, 0.6) is 0 Å². The molecule has 17 heavy (non-hydrogen) atoms. The van der Waals surface area contributed by atoms with E-state index in [9.17, 15) is 9.59 Å². The van der Waals surface area contributed by atoms with Gasteiger partial charge in [0.25, 0.3) is 0 Å². The predicted molar refractivity (Wildman–Crippen MR) is 71.0 cm³/mol. The summed E-state index contributed by atoms with van der Waals surface area (Å²) in [6, 6.07) is 3.57. The minimum Gasteiger partial charge on any atom is -0.293 e. The van der Waals surface area contributed by atoms with Gasteiger partial charge in [-0.25, -0.2) is 0 Å². The normalized spacial score (nSPS) is 10.7. The maximum atomic E-state index is 11.0. The molecule has 90 valence electrons. The average molecular weight is 249 g/mol. The molecular weight excluding hydrogens is 234 g/mol. The summed E-state index contributed by atoms with van der Waals surface area (Å²) in [4.78, 5) is 25.7. The molecule has 3 nitrogen and oxygen atoms in total. The zero-order chi connectivity index (χ0) is 12.7. The number of Topliss-reactive ketones (excluding diaryl/α,β-unsaturated/α-hetero) is 1. The van der Waals surface area contributed by atoms with E-state index in [0.29, 0.717) is 5.69 Å². The Morgan fingerprint density at radius 3 is 2.65 bits per heavy atom. The molecule has 1 rings (SSSR count). The first kappa shape index (κ1) is 13.6. The van der Waals surface area contributed by atoms with E-state index in [4.69, 9.17) is 0 Å². The van der Waals surface area contributed by atoms with Gasteiger partial charge in [0.1, 0.15) is 5.69 Å². The highest BCUT2D eigenvalue weighted by Crippen LogP contribution is 2.07. The Morgan fingerprint density at radius 2 is 2.12 bits per heavy atom. The summed E-state index contributed by atoms with van der Waals surface area (Å²) < 4.78 is 0. The van der Waals surface area contributed by atoms with Gasteiger partial charge in [-0.3, -0.25) is 14.6 Å². The Morgan fingerprint density at radius 1 is 1.35 bits per heavy atom. The topological polar surface area (TPSA) is 47.0 Å². The SMILES string of the molecule is CC(=O)SCCC=Cc1ccc(C(C)=O)nc1. The maximum absolute atomic E-state index is 11.0. The minimum absolute atomic E-state index is 0.0293. The maximum Gasteiger partial charge on any atom is 0.185 e. The molecule has 0 spiro atoms. The van der Waals surface area contributed by atoms with Crippen molar-refractivity contribution in [2.45, 2.75) is 20.3 Å². The number of hydrogen-bond acceptors (Lipinski definition) is 4. The lowest BCUT2D eigenvalue weighted by molar-refractivity contribution is -0.109. The number of thioether (sulfide) groups is 1. The number of carbonyl (C=O) groups excluding carboxylic acids is 2. The highest BCUT2D eigenvalue weighted by molar-refractivity contribution is 8.13. The van der Waals surface area contributed by atoms with Crippen LogP contribution in [0.25, 0.3) is 6.08 Å². The van der Waals surface area contributed by atoms with Gasteiger partial charge in [0.2, 0.25) is 0 Å². The molecule has 0 aromatic carbocycles. The van der Waals surface area contributed by atoms with E-state index < -0.39 is 0 Å². The molecule has 0 fully saturated rings. The number of allylic oxidation sites excluding steroid dienone is 1. The van der Waals surface area contributed by atoms with Crippen LogP contribution in [0, 0.1) is 0 Å². The van der Waals surface area contributed by atoms with E-state index in [1.807, 2.05) is 18.2 Å². The van der Waals surface area contributed by atoms with Crippen molar-refractivity contribution >= 4 is 28.7 Å². The highest BCUT2D eigenvalue weighted by atomic mass is 32.2. The van der Waals surface area contributed by atoms with Crippen molar-refractivity contribution in [1.29, 1.82) is 0 Å². The van der Waals surface area contributed by atoms with Crippen LogP contribution >= 0.6 is 11.8 Å². The number of hydrogen-bond donors (Lipinski definition) is 0. The first-order chi connectivity index (χ1) is 8.09. The fourth-order valence-electron chi connectivity index (χ4n) is 1.20. The Hall–Kier alpha value is -1.42. The van der Waals surface area contributed by atoms with Crippen LogP contribution in [0.1, 0.15) is 36.3 Å². The molecule has 0 unspecified atom stereocenters. The summed E-state index contributed by atoms with van der Waals surface area (Å²) in [6.07, 6.45) is 6.46. The van der Waals surface area contributed by atoms with E-state index in [-0.39, 0.29) is 10.9 Å². The standard InChI is InChI=1S/C13H15NO2S/c1-10(15)13-7-6-12(9-14-13)5-3-4-8-17-11(2)16/h3,5-7,9H,4,8H2,1-2H3. The quantitative estimate of drug-likeness (QED) is 0.594. The second kappa shape index (κ2) is 7.01. The molecular formula is C13H15NO2S. The van der Waals surface area contributed by atoms with Gasteiger partial charge in [0.15, 0.2) is 10.9 Å². The summed E-state index contributed by atoms with van der Waals surface area (Å²) in [5, 5.41) is 0.144. The molecule has 0 amide bonds. The third-order valence-electron chi connectivity index (χ3n) is 2.05. The van der Waals surface area contributed by atoms with E-state index in [0.717, 1.165) is 17.7 Å². The van der Waals surface area contributed by atoms with Gasteiger partial charge < -0.3 is 0 Å². The lowest BCUT2D eigenvalue weighted by atomic mass is 10.2. The highest BCUT2D eigenvalue weighted by Gasteiger charge is 1.98.